The second-order valence-electron chi connectivity index (χ2n) is 3.96. The standard InChI is InChI=1S/C13H13FN2O3/c14-10-5-3-9(4-6-10)8-12(17)16-11(13(18)19)2-1-7-15/h3-6,11H,1-2,8H2,(H,16,17)(H,18,19)/t11-/m1/s1. The number of hydrogen-bond acceptors (Lipinski definition) is 3. The molecule has 100 valence electrons. The van der Waals surface area contributed by atoms with Gasteiger partial charge in [0.1, 0.15) is 11.9 Å². The van der Waals surface area contributed by atoms with E-state index in [0.29, 0.717) is 5.56 Å². The molecule has 0 aliphatic heterocycles. The number of aliphatic carboxylic acids is 1. The number of amides is 1. The fraction of sp³-hybridized carbons (Fsp3) is 0.308. The van der Waals surface area contributed by atoms with Crippen LogP contribution in [-0.4, -0.2) is 23.0 Å². The van der Waals surface area contributed by atoms with Gasteiger partial charge in [-0.25, -0.2) is 9.18 Å². The van der Waals surface area contributed by atoms with Gasteiger partial charge in [0.05, 0.1) is 12.5 Å². The second kappa shape index (κ2) is 7.11. The number of nitriles is 1. The molecule has 2 N–H and O–H groups in total. The molecule has 0 radical (unpaired) electrons. The van der Waals surface area contributed by atoms with Crippen molar-refractivity contribution in [2.75, 3.05) is 0 Å². The first-order valence-corrected chi connectivity index (χ1v) is 5.66. The Balaban J connectivity index is 2.55. The van der Waals surface area contributed by atoms with Crippen molar-refractivity contribution in [2.24, 2.45) is 0 Å². The van der Waals surface area contributed by atoms with Gasteiger partial charge in [0.2, 0.25) is 5.91 Å². The molecule has 0 unspecified atom stereocenters. The summed E-state index contributed by atoms with van der Waals surface area (Å²) in [5, 5.41) is 19.6. The number of rotatable bonds is 6. The molecular formula is C13H13FN2O3. The topological polar surface area (TPSA) is 90.2 Å². The van der Waals surface area contributed by atoms with Gasteiger partial charge in [-0.3, -0.25) is 4.79 Å². The first kappa shape index (κ1) is 14.6. The zero-order valence-corrected chi connectivity index (χ0v) is 10.1. The summed E-state index contributed by atoms with van der Waals surface area (Å²) in [6.45, 7) is 0. The van der Waals surface area contributed by atoms with E-state index < -0.39 is 23.7 Å². The van der Waals surface area contributed by atoms with Crippen LogP contribution < -0.4 is 5.32 Å². The highest BCUT2D eigenvalue weighted by Crippen LogP contribution is 2.04. The lowest BCUT2D eigenvalue weighted by molar-refractivity contribution is -0.141. The molecule has 0 saturated heterocycles. The van der Waals surface area contributed by atoms with E-state index in [1.165, 1.54) is 24.3 Å². The van der Waals surface area contributed by atoms with Crippen molar-refractivity contribution in [3.05, 3.63) is 35.6 Å². The first-order chi connectivity index (χ1) is 9.02. The number of hydrogen-bond donors (Lipinski definition) is 2. The number of halogens is 1. The average Bonchev–Trinajstić information content (AvgIpc) is 2.37. The number of benzene rings is 1. The van der Waals surface area contributed by atoms with E-state index in [-0.39, 0.29) is 19.3 Å². The van der Waals surface area contributed by atoms with Crippen LogP contribution in [0.1, 0.15) is 18.4 Å². The Kier molecular flexibility index (Phi) is 5.48. The van der Waals surface area contributed by atoms with Crippen molar-refractivity contribution in [3.63, 3.8) is 0 Å². The molecule has 0 aliphatic rings. The molecule has 0 bridgehead atoms. The van der Waals surface area contributed by atoms with Crippen LogP contribution in [0.2, 0.25) is 0 Å². The van der Waals surface area contributed by atoms with E-state index in [1.54, 1.807) is 0 Å². The Bertz CT molecular complexity index is 494. The van der Waals surface area contributed by atoms with Crippen LogP contribution in [0.3, 0.4) is 0 Å². The van der Waals surface area contributed by atoms with Gasteiger partial charge in [-0.05, 0) is 24.1 Å². The lowest BCUT2D eigenvalue weighted by Gasteiger charge is -2.12. The molecule has 19 heavy (non-hydrogen) atoms. The summed E-state index contributed by atoms with van der Waals surface area (Å²) in [6, 6.07) is 6.12. The third-order valence-electron chi connectivity index (χ3n) is 2.46. The van der Waals surface area contributed by atoms with E-state index in [2.05, 4.69) is 5.32 Å². The quantitative estimate of drug-likeness (QED) is 0.808. The number of carboxylic acids is 1. The molecule has 0 aromatic heterocycles. The second-order valence-corrected chi connectivity index (χ2v) is 3.96. The Morgan fingerprint density at radius 1 is 1.37 bits per heavy atom. The van der Waals surface area contributed by atoms with Crippen molar-refractivity contribution in [3.8, 4) is 6.07 Å². The summed E-state index contributed by atoms with van der Waals surface area (Å²) in [6.07, 6.45) is 0.0748. The fourth-order valence-electron chi connectivity index (χ4n) is 1.50. The molecule has 1 atom stereocenters. The lowest BCUT2D eigenvalue weighted by Crippen LogP contribution is -2.41. The predicted octanol–water partition coefficient (Wildman–Crippen LogP) is 1.24. The Hall–Kier alpha value is -2.42. The number of carboxylic acid groups (broad SMARTS) is 1. The highest BCUT2D eigenvalue weighted by molar-refractivity contribution is 5.84. The normalized spacial score (nSPS) is 11.4. The van der Waals surface area contributed by atoms with Crippen molar-refractivity contribution in [1.82, 2.24) is 5.32 Å². The summed E-state index contributed by atoms with van der Waals surface area (Å²) in [7, 11) is 0. The van der Waals surface area contributed by atoms with Crippen LogP contribution in [0.4, 0.5) is 4.39 Å². The minimum atomic E-state index is -1.18. The summed E-state index contributed by atoms with van der Waals surface area (Å²) < 4.78 is 12.7. The molecule has 0 spiro atoms. The van der Waals surface area contributed by atoms with Gasteiger partial charge >= 0.3 is 5.97 Å². The molecule has 0 fully saturated rings. The van der Waals surface area contributed by atoms with Gasteiger partial charge in [-0.15, -0.1) is 0 Å². The molecule has 1 amide bonds. The maximum atomic E-state index is 12.7. The van der Waals surface area contributed by atoms with Crippen LogP contribution in [0.5, 0.6) is 0 Å². The van der Waals surface area contributed by atoms with Crippen LogP contribution >= 0.6 is 0 Å². The Morgan fingerprint density at radius 3 is 2.53 bits per heavy atom. The highest BCUT2D eigenvalue weighted by Gasteiger charge is 2.19. The summed E-state index contributed by atoms with van der Waals surface area (Å²) in [4.78, 5) is 22.5. The number of carbonyl (C=O) groups is 2. The molecule has 1 aromatic rings. The third-order valence-corrected chi connectivity index (χ3v) is 2.46. The van der Waals surface area contributed by atoms with Gasteiger partial charge < -0.3 is 10.4 Å². The molecule has 1 rings (SSSR count). The van der Waals surface area contributed by atoms with Gasteiger partial charge in [0, 0.05) is 6.42 Å². The fourth-order valence-corrected chi connectivity index (χ4v) is 1.50. The zero-order chi connectivity index (χ0) is 14.3. The molecule has 1 aromatic carbocycles. The largest absolute Gasteiger partial charge is 0.480 e. The zero-order valence-electron chi connectivity index (χ0n) is 10.1. The number of nitrogens with zero attached hydrogens (tertiary/aromatic N) is 1. The van der Waals surface area contributed by atoms with Crippen molar-refractivity contribution in [2.45, 2.75) is 25.3 Å². The van der Waals surface area contributed by atoms with E-state index in [1.807, 2.05) is 6.07 Å². The van der Waals surface area contributed by atoms with Gasteiger partial charge in [-0.1, -0.05) is 12.1 Å². The number of nitrogens with one attached hydrogen (secondary N) is 1. The van der Waals surface area contributed by atoms with E-state index in [9.17, 15) is 14.0 Å². The summed E-state index contributed by atoms with van der Waals surface area (Å²) >= 11 is 0. The Morgan fingerprint density at radius 2 is 2.00 bits per heavy atom. The van der Waals surface area contributed by atoms with Crippen LogP contribution in [-0.2, 0) is 16.0 Å². The molecular weight excluding hydrogens is 251 g/mol. The Labute approximate surface area is 109 Å². The van der Waals surface area contributed by atoms with Crippen molar-refractivity contribution >= 4 is 11.9 Å². The smallest absolute Gasteiger partial charge is 0.326 e. The minimum Gasteiger partial charge on any atom is -0.480 e. The highest BCUT2D eigenvalue weighted by atomic mass is 19.1. The van der Waals surface area contributed by atoms with Crippen molar-refractivity contribution in [1.29, 1.82) is 5.26 Å². The summed E-state index contributed by atoms with van der Waals surface area (Å²) in [5.74, 6) is -2.05. The van der Waals surface area contributed by atoms with Gasteiger partial charge in [0.25, 0.3) is 0 Å². The summed E-state index contributed by atoms with van der Waals surface area (Å²) in [5.41, 5.74) is 0.586. The molecule has 0 saturated carbocycles. The SMILES string of the molecule is N#CCC[C@@H](NC(=O)Cc1ccc(F)cc1)C(=O)O. The number of carbonyl (C=O) groups excluding carboxylic acids is 1. The average molecular weight is 264 g/mol. The van der Waals surface area contributed by atoms with Crippen LogP contribution in [0.15, 0.2) is 24.3 Å². The third kappa shape index (κ3) is 5.17. The lowest BCUT2D eigenvalue weighted by atomic mass is 10.1. The van der Waals surface area contributed by atoms with E-state index in [0.717, 1.165) is 0 Å². The molecule has 5 nitrogen and oxygen atoms in total. The maximum Gasteiger partial charge on any atom is 0.326 e. The predicted molar refractivity (Wildman–Crippen MR) is 64.5 cm³/mol. The van der Waals surface area contributed by atoms with Crippen LogP contribution in [0.25, 0.3) is 0 Å². The monoisotopic (exact) mass is 264 g/mol. The van der Waals surface area contributed by atoms with E-state index >= 15 is 0 Å². The minimum absolute atomic E-state index is 0.0311. The maximum absolute atomic E-state index is 12.7. The van der Waals surface area contributed by atoms with Gasteiger partial charge in [0.15, 0.2) is 0 Å². The van der Waals surface area contributed by atoms with E-state index in [4.69, 9.17) is 10.4 Å². The molecule has 0 aliphatic carbocycles. The molecule has 6 heteroatoms. The van der Waals surface area contributed by atoms with Gasteiger partial charge in [-0.2, -0.15) is 5.26 Å². The van der Waals surface area contributed by atoms with Crippen LogP contribution in [0, 0.1) is 17.1 Å². The van der Waals surface area contributed by atoms with Crippen molar-refractivity contribution < 1.29 is 19.1 Å². The molecule has 0 heterocycles. The first-order valence-electron chi connectivity index (χ1n) is 5.66.